The largest absolute Gasteiger partial charge is 0.481 e. The van der Waals surface area contributed by atoms with Crippen LogP contribution >= 0.6 is 0 Å². The maximum atomic E-state index is 12.2. The molecule has 6 heteroatoms. The summed E-state index contributed by atoms with van der Waals surface area (Å²) in [5, 5.41) is 24.8. The number of carboxylic acid groups (broad SMARTS) is 1. The fraction of sp³-hybridized carbons (Fsp3) is 0.474. The highest BCUT2D eigenvalue weighted by Gasteiger charge is 2.49. The van der Waals surface area contributed by atoms with Gasteiger partial charge in [-0.2, -0.15) is 5.10 Å². The molecule has 3 rings (SSSR count). The van der Waals surface area contributed by atoms with Gasteiger partial charge in [-0.3, -0.25) is 14.4 Å². The summed E-state index contributed by atoms with van der Waals surface area (Å²) in [4.78, 5) is 14.3. The SMILES string of the molecule is Cc1c(CN2CC[C@@H](O)[C@](Cc3ccccc3)(C(=O)O)C2)cnn1C. The molecule has 25 heavy (non-hydrogen) atoms. The first-order valence-corrected chi connectivity index (χ1v) is 8.57. The average molecular weight is 343 g/mol. The van der Waals surface area contributed by atoms with E-state index in [1.807, 2.05) is 55.2 Å². The van der Waals surface area contributed by atoms with Gasteiger partial charge in [0.05, 0.1) is 12.3 Å². The van der Waals surface area contributed by atoms with Crippen molar-refractivity contribution in [3.63, 3.8) is 0 Å². The Bertz CT molecular complexity index is 744. The average Bonchev–Trinajstić information content (AvgIpc) is 2.90. The molecule has 2 heterocycles. The number of aromatic nitrogens is 2. The normalized spacial score (nSPS) is 24.4. The summed E-state index contributed by atoms with van der Waals surface area (Å²) in [6, 6.07) is 9.54. The van der Waals surface area contributed by atoms with Gasteiger partial charge in [0.25, 0.3) is 0 Å². The van der Waals surface area contributed by atoms with Crippen molar-refractivity contribution in [2.24, 2.45) is 12.5 Å². The molecule has 134 valence electrons. The minimum absolute atomic E-state index is 0.326. The zero-order valence-corrected chi connectivity index (χ0v) is 14.7. The van der Waals surface area contributed by atoms with Crippen LogP contribution in [0.5, 0.6) is 0 Å². The molecule has 0 unspecified atom stereocenters. The zero-order chi connectivity index (χ0) is 18.0. The van der Waals surface area contributed by atoms with Crippen LogP contribution < -0.4 is 0 Å². The monoisotopic (exact) mass is 343 g/mol. The van der Waals surface area contributed by atoms with Gasteiger partial charge >= 0.3 is 5.97 Å². The van der Waals surface area contributed by atoms with E-state index in [0.717, 1.165) is 16.8 Å². The maximum Gasteiger partial charge on any atom is 0.313 e. The Morgan fingerprint density at radius 1 is 1.36 bits per heavy atom. The molecule has 0 spiro atoms. The van der Waals surface area contributed by atoms with Crippen LogP contribution in [-0.2, 0) is 24.8 Å². The second-order valence-electron chi connectivity index (χ2n) is 7.02. The number of carboxylic acids is 1. The molecular weight excluding hydrogens is 318 g/mol. The summed E-state index contributed by atoms with van der Waals surface area (Å²) in [6.07, 6.45) is 1.77. The smallest absolute Gasteiger partial charge is 0.313 e. The summed E-state index contributed by atoms with van der Waals surface area (Å²) in [5.74, 6) is -0.934. The first kappa shape index (κ1) is 17.6. The number of hydrogen-bond acceptors (Lipinski definition) is 4. The van der Waals surface area contributed by atoms with E-state index in [0.29, 0.717) is 32.5 Å². The van der Waals surface area contributed by atoms with E-state index in [-0.39, 0.29) is 0 Å². The molecule has 2 aromatic rings. The third-order valence-electron chi connectivity index (χ3n) is 5.38. The third kappa shape index (κ3) is 3.45. The molecule has 1 aromatic heterocycles. The summed E-state index contributed by atoms with van der Waals surface area (Å²) >= 11 is 0. The third-order valence-corrected chi connectivity index (χ3v) is 5.38. The number of nitrogens with zero attached hydrogens (tertiary/aromatic N) is 3. The van der Waals surface area contributed by atoms with Gasteiger partial charge in [-0.05, 0) is 25.3 Å². The van der Waals surface area contributed by atoms with Crippen molar-refractivity contribution >= 4 is 5.97 Å². The van der Waals surface area contributed by atoms with Gasteiger partial charge in [-0.15, -0.1) is 0 Å². The van der Waals surface area contributed by atoms with Crippen molar-refractivity contribution in [2.75, 3.05) is 13.1 Å². The minimum atomic E-state index is -1.18. The standard InChI is InChI=1S/C19H25N3O3/c1-14-16(11-20-21(14)2)12-22-9-8-17(23)19(13-22,18(24)25)10-15-6-4-3-5-7-15/h3-7,11,17,23H,8-10,12-13H2,1-2H3,(H,24,25)/t17-,19-/m1/s1. The summed E-state index contributed by atoms with van der Waals surface area (Å²) in [7, 11) is 1.90. The predicted molar refractivity (Wildman–Crippen MR) is 94.1 cm³/mol. The van der Waals surface area contributed by atoms with Crippen LogP contribution in [0.15, 0.2) is 36.5 Å². The minimum Gasteiger partial charge on any atom is -0.481 e. The Morgan fingerprint density at radius 2 is 2.08 bits per heavy atom. The fourth-order valence-corrected chi connectivity index (χ4v) is 3.66. The van der Waals surface area contributed by atoms with Crippen molar-refractivity contribution < 1.29 is 15.0 Å². The predicted octanol–water partition coefficient (Wildman–Crippen LogP) is 1.61. The Balaban J connectivity index is 1.83. The van der Waals surface area contributed by atoms with E-state index in [4.69, 9.17) is 0 Å². The van der Waals surface area contributed by atoms with Crippen molar-refractivity contribution in [3.05, 3.63) is 53.3 Å². The molecule has 0 aliphatic carbocycles. The Labute approximate surface area is 147 Å². The van der Waals surface area contributed by atoms with Crippen LogP contribution in [0.3, 0.4) is 0 Å². The second-order valence-corrected chi connectivity index (χ2v) is 7.02. The van der Waals surface area contributed by atoms with Crippen LogP contribution in [0.1, 0.15) is 23.2 Å². The molecule has 1 aliphatic rings. The summed E-state index contributed by atoms with van der Waals surface area (Å²) in [5.41, 5.74) is 1.92. The first-order valence-electron chi connectivity index (χ1n) is 8.57. The molecule has 1 aromatic carbocycles. The lowest BCUT2D eigenvalue weighted by Gasteiger charge is -2.43. The van der Waals surface area contributed by atoms with Crippen molar-refractivity contribution in [1.82, 2.24) is 14.7 Å². The van der Waals surface area contributed by atoms with Gasteiger partial charge in [-0.1, -0.05) is 30.3 Å². The molecule has 1 fully saturated rings. The number of rotatable bonds is 5. The number of hydrogen-bond donors (Lipinski definition) is 2. The molecule has 1 saturated heterocycles. The van der Waals surface area contributed by atoms with E-state index >= 15 is 0 Å². The van der Waals surface area contributed by atoms with Gasteiger partial charge in [0.15, 0.2) is 0 Å². The van der Waals surface area contributed by atoms with Crippen molar-refractivity contribution in [2.45, 2.75) is 32.4 Å². The molecule has 0 saturated carbocycles. The van der Waals surface area contributed by atoms with E-state index < -0.39 is 17.5 Å². The molecule has 0 radical (unpaired) electrons. The number of likely N-dealkylation sites (tertiary alicyclic amines) is 1. The molecule has 1 aliphatic heterocycles. The Hall–Kier alpha value is -2.18. The number of aryl methyl sites for hydroxylation is 1. The van der Waals surface area contributed by atoms with Gasteiger partial charge in [0.1, 0.15) is 5.41 Å². The van der Waals surface area contributed by atoms with E-state index in [9.17, 15) is 15.0 Å². The Morgan fingerprint density at radius 3 is 2.68 bits per heavy atom. The topological polar surface area (TPSA) is 78.6 Å². The van der Waals surface area contributed by atoms with Crippen LogP contribution in [0.2, 0.25) is 0 Å². The number of aliphatic carboxylic acids is 1. The van der Waals surface area contributed by atoms with Crippen LogP contribution in [-0.4, -0.2) is 50.1 Å². The van der Waals surface area contributed by atoms with Crippen LogP contribution in [0.25, 0.3) is 0 Å². The van der Waals surface area contributed by atoms with E-state index in [2.05, 4.69) is 10.00 Å². The molecule has 2 atom stereocenters. The van der Waals surface area contributed by atoms with Crippen LogP contribution in [0, 0.1) is 12.3 Å². The van der Waals surface area contributed by atoms with Gasteiger partial charge in [0.2, 0.25) is 0 Å². The highest BCUT2D eigenvalue weighted by atomic mass is 16.4. The molecule has 2 N–H and O–H groups in total. The molecule has 0 amide bonds. The number of aliphatic hydroxyl groups excluding tert-OH is 1. The lowest BCUT2D eigenvalue weighted by atomic mass is 9.72. The van der Waals surface area contributed by atoms with Gasteiger partial charge in [0, 0.05) is 37.9 Å². The zero-order valence-electron chi connectivity index (χ0n) is 14.7. The first-order chi connectivity index (χ1) is 11.9. The van der Waals surface area contributed by atoms with Crippen molar-refractivity contribution in [3.8, 4) is 0 Å². The van der Waals surface area contributed by atoms with Gasteiger partial charge < -0.3 is 10.2 Å². The summed E-state index contributed by atoms with van der Waals surface area (Å²) < 4.78 is 1.82. The lowest BCUT2D eigenvalue weighted by Crippen LogP contribution is -2.56. The molecule has 6 nitrogen and oxygen atoms in total. The van der Waals surface area contributed by atoms with Gasteiger partial charge in [-0.25, -0.2) is 0 Å². The van der Waals surface area contributed by atoms with E-state index in [1.54, 1.807) is 0 Å². The molecule has 0 bridgehead atoms. The Kier molecular flexibility index (Phi) is 4.92. The second kappa shape index (κ2) is 6.98. The number of piperidine rings is 1. The summed E-state index contributed by atoms with van der Waals surface area (Å²) in [6.45, 7) is 3.66. The number of carbonyl (C=O) groups is 1. The fourth-order valence-electron chi connectivity index (χ4n) is 3.66. The quantitative estimate of drug-likeness (QED) is 0.862. The number of aliphatic hydroxyl groups is 1. The van der Waals surface area contributed by atoms with Crippen molar-refractivity contribution in [1.29, 1.82) is 0 Å². The molecular formula is C19H25N3O3. The maximum absolute atomic E-state index is 12.2. The van der Waals surface area contributed by atoms with E-state index in [1.165, 1.54) is 0 Å². The number of benzene rings is 1. The van der Waals surface area contributed by atoms with Crippen LogP contribution in [0.4, 0.5) is 0 Å². The highest BCUT2D eigenvalue weighted by molar-refractivity contribution is 5.76. The highest BCUT2D eigenvalue weighted by Crippen LogP contribution is 2.35. The lowest BCUT2D eigenvalue weighted by molar-refractivity contribution is -0.163.